The Morgan fingerprint density at radius 1 is 0.933 bits per heavy atom. The number of H-pyrrole nitrogens is 1. The van der Waals surface area contributed by atoms with E-state index in [2.05, 4.69) is 28.1 Å². The smallest absolute Gasteiger partial charge is 0.256 e. The SMILES string of the molecule is COc1ccc(N2CCCN(C(=O)c3cccc4c5c([nH]c34)CCCC5)CC2)cc1. The van der Waals surface area contributed by atoms with Gasteiger partial charge >= 0.3 is 0 Å². The lowest BCUT2D eigenvalue weighted by Gasteiger charge is -2.24. The summed E-state index contributed by atoms with van der Waals surface area (Å²) in [5.41, 5.74) is 5.79. The van der Waals surface area contributed by atoms with Crippen molar-refractivity contribution in [1.29, 1.82) is 0 Å². The number of carbonyl (C=O) groups is 1. The summed E-state index contributed by atoms with van der Waals surface area (Å²) < 4.78 is 5.27. The summed E-state index contributed by atoms with van der Waals surface area (Å²) in [6.45, 7) is 3.33. The summed E-state index contributed by atoms with van der Waals surface area (Å²) in [4.78, 5) is 21.5. The molecule has 5 heteroatoms. The lowest BCUT2D eigenvalue weighted by molar-refractivity contribution is 0.0769. The third-order valence-corrected chi connectivity index (χ3v) is 6.58. The molecule has 5 rings (SSSR count). The van der Waals surface area contributed by atoms with E-state index in [4.69, 9.17) is 4.74 Å². The molecule has 1 aliphatic heterocycles. The molecule has 3 aromatic rings. The van der Waals surface area contributed by atoms with Gasteiger partial charge in [0.05, 0.1) is 18.2 Å². The van der Waals surface area contributed by atoms with Gasteiger partial charge < -0.3 is 19.5 Å². The maximum absolute atomic E-state index is 13.5. The fourth-order valence-corrected chi connectivity index (χ4v) is 4.95. The van der Waals surface area contributed by atoms with Crippen LogP contribution in [0, 0.1) is 0 Å². The third-order valence-electron chi connectivity index (χ3n) is 6.58. The number of carbonyl (C=O) groups excluding carboxylic acids is 1. The number of ether oxygens (including phenoxy) is 1. The molecule has 1 fully saturated rings. The molecule has 1 amide bonds. The van der Waals surface area contributed by atoms with E-state index in [1.165, 1.54) is 35.2 Å². The number of para-hydroxylation sites is 1. The molecule has 2 heterocycles. The number of aromatic nitrogens is 1. The molecule has 156 valence electrons. The van der Waals surface area contributed by atoms with Crippen molar-refractivity contribution in [3.63, 3.8) is 0 Å². The van der Waals surface area contributed by atoms with Gasteiger partial charge in [-0.25, -0.2) is 0 Å². The Hall–Kier alpha value is -2.95. The van der Waals surface area contributed by atoms with Crippen molar-refractivity contribution in [1.82, 2.24) is 9.88 Å². The normalized spacial score (nSPS) is 17.0. The number of hydrogen-bond acceptors (Lipinski definition) is 3. The Balaban J connectivity index is 1.36. The first-order chi connectivity index (χ1) is 14.7. The minimum Gasteiger partial charge on any atom is -0.497 e. The average molecular weight is 404 g/mol. The van der Waals surface area contributed by atoms with Gasteiger partial charge in [-0.1, -0.05) is 12.1 Å². The molecule has 1 N–H and O–H groups in total. The number of aromatic amines is 1. The van der Waals surface area contributed by atoms with Gasteiger partial charge in [0.1, 0.15) is 5.75 Å². The predicted octanol–water partition coefficient (Wildman–Crippen LogP) is 4.41. The first-order valence-electron chi connectivity index (χ1n) is 11.1. The van der Waals surface area contributed by atoms with Crippen molar-refractivity contribution < 1.29 is 9.53 Å². The monoisotopic (exact) mass is 403 g/mol. The highest BCUT2D eigenvalue weighted by molar-refractivity contribution is 6.06. The fraction of sp³-hybridized carbons (Fsp3) is 0.400. The summed E-state index contributed by atoms with van der Waals surface area (Å²) in [6.07, 6.45) is 5.66. The van der Waals surface area contributed by atoms with Gasteiger partial charge in [0, 0.05) is 42.9 Å². The van der Waals surface area contributed by atoms with Gasteiger partial charge in [-0.15, -0.1) is 0 Å². The number of anilines is 1. The standard InChI is InChI=1S/C25H29N3O2/c1-30-19-12-10-18(11-13-19)27-14-5-15-28(17-16-27)25(29)22-8-4-7-21-20-6-2-3-9-23(20)26-24(21)22/h4,7-8,10-13,26H,2-3,5-6,9,14-17H2,1H3. The van der Waals surface area contributed by atoms with Crippen LogP contribution in [-0.2, 0) is 12.8 Å². The lowest BCUT2D eigenvalue weighted by Crippen LogP contribution is -2.35. The van der Waals surface area contributed by atoms with E-state index < -0.39 is 0 Å². The average Bonchev–Trinajstić information content (AvgIpc) is 3.00. The van der Waals surface area contributed by atoms with Gasteiger partial charge in [0.2, 0.25) is 0 Å². The van der Waals surface area contributed by atoms with Crippen molar-refractivity contribution in [2.24, 2.45) is 0 Å². The van der Waals surface area contributed by atoms with Gasteiger partial charge in [-0.3, -0.25) is 4.79 Å². The molecule has 1 saturated heterocycles. The van der Waals surface area contributed by atoms with Crippen molar-refractivity contribution in [2.45, 2.75) is 32.1 Å². The maximum Gasteiger partial charge on any atom is 0.256 e. The number of aryl methyl sites for hydroxylation is 2. The maximum atomic E-state index is 13.5. The number of hydrogen-bond donors (Lipinski definition) is 1. The van der Waals surface area contributed by atoms with E-state index in [0.717, 1.165) is 62.3 Å². The number of nitrogens with zero attached hydrogens (tertiary/aromatic N) is 2. The van der Waals surface area contributed by atoms with Crippen molar-refractivity contribution in [3.8, 4) is 5.75 Å². The van der Waals surface area contributed by atoms with Crippen LogP contribution < -0.4 is 9.64 Å². The molecule has 2 aromatic carbocycles. The number of amides is 1. The Bertz CT molecular complexity index is 1050. The van der Waals surface area contributed by atoms with Crippen LogP contribution in [0.5, 0.6) is 5.75 Å². The molecular weight excluding hydrogens is 374 g/mol. The first-order valence-corrected chi connectivity index (χ1v) is 11.1. The second kappa shape index (κ2) is 8.05. The van der Waals surface area contributed by atoms with Crippen LogP contribution in [0.2, 0.25) is 0 Å². The van der Waals surface area contributed by atoms with Crippen molar-refractivity contribution in [2.75, 3.05) is 38.2 Å². The van der Waals surface area contributed by atoms with Gasteiger partial charge in [-0.05, 0) is 68.0 Å². The van der Waals surface area contributed by atoms with Crippen LogP contribution in [0.3, 0.4) is 0 Å². The van der Waals surface area contributed by atoms with Gasteiger partial charge in [-0.2, -0.15) is 0 Å². The third kappa shape index (κ3) is 3.42. The van der Waals surface area contributed by atoms with E-state index in [1.807, 2.05) is 29.2 Å². The molecule has 30 heavy (non-hydrogen) atoms. The minimum atomic E-state index is 0.149. The summed E-state index contributed by atoms with van der Waals surface area (Å²) in [5.74, 6) is 1.02. The molecule has 0 unspecified atom stereocenters. The van der Waals surface area contributed by atoms with Crippen LogP contribution in [0.4, 0.5) is 5.69 Å². The highest BCUT2D eigenvalue weighted by atomic mass is 16.5. The van der Waals surface area contributed by atoms with Crippen LogP contribution in [0.1, 0.15) is 40.9 Å². The Kier molecular flexibility index (Phi) is 5.11. The van der Waals surface area contributed by atoms with Crippen LogP contribution in [0.15, 0.2) is 42.5 Å². The Morgan fingerprint density at radius 2 is 1.77 bits per heavy atom. The summed E-state index contributed by atoms with van der Waals surface area (Å²) in [6, 6.07) is 14.4. The van der Waals surface area contributed by atoms with Crippen LogP contribution in [0.25, 0.3) is 10.9 Å². The Morgan fingerprint density at radius 3 is 2.60 bits per heavy atom. The molecule has 5 nitrogen and oxygen atoms in total. The zero-order valence-electron chi connectivity index (χ0n) is 17.6. The van der Waals surface area contributed by atoms with Crippen LogP contribution in [-0.4, -0.2) is 49.1 Å². The minimum absolute atomic E-state index is 0.149. The van der Waals surface area contributed by atoms with Gasteiger partial charge in [0.15, 0.2) is 0 Å². The lowest BCUT2D eigenvalue weighted by atomic mass is 9.95. The van der Waals surface area contributed by atoms with E-state index in [0.29, 0.717) is 0 Å². The Labute approximate surface area is 177 Å². The molecule has 0 bridgehead atoms. The second-order valence-corrected chi connectivity index (χ2v) is 8.35. The molecule has 1 aliphatic carbocycles. The molecular formula is C25H29N3O2. The van der Waals surface area contributed by atoms with E-state index in [-0.39, 0.29) is 5.91 Å². The topological polar surface area (TPSA) is 48.6 Å². The summed E-state index contributed by atoms with van der Waals surface area (Å²) in [5, 5.41) is 1.24. The number of benzene rings is 2. The van der Waals surface area contributed by atoms with Gasteiger partial charge in [0.25, 0.3) is 5.91 Å². The quantitative estimate of drug-likeness (QED) is 0.705. The fourth-order valence-electron chi connectivity index (χ4n) is 4.95. The first kappa shape index (κ1) is 19.0. The number of methoxy groups -OCH3 is 1. The van der Waals surface area contributed by atoms with E-state index in [1.54, 1.807) is 7.11 Å². The molecule has 0 atom stereocenters. The van der Waals surface area contributed by atoms with E-state index in [9.17, 15) is 4.79 Å². The zero-order chi connectivity index (χ0) is 20.5. The van der Waals surface area contributed by atoms with Crippen LogP contribution >= 0.6 is 0 Å². The van der Waals surface area contributed by atoms with Crippen molar-refractivity contribution >= 4 is 22.5 Å². The predicted molar refractivity (Wildman–Crippen MR) is 121 cm³/mol. The molecule has 1 aromatic heterocycles. The highest BCUT2D eigenvalue weighted by Crippen LogP contribution is 2.31. The second-order valence-electron chi connectivity index (χ2n) is 8.35. The number of fused-ring (bicyclic) bond motifs is 3. The summed E-state index contributed by atoms with van der Waals surface area (Å²) >= 11 is 0. The zero-order valence-corrected chi connectivity index (χ0v) is 17.6. The summed E-state index contributed by atoms with van der Waals surface area (Å²) in [7, 11) is 1.69. The largest absolute Gasteiger partial charge is 0.497 e. The molecule has 0 radical (unpaired) electrons. The van der Waals surface area contributed by atoms with E-state index >= 15 is 0 Å². The molecule has 2 aliphatic rings. The van der Waals surface area contributed by atoms with Crippen molar-refractivity contribution in [3.05, 3.63) is 59.3 Å². The highest BCUT2D eigenvalue weighted by Gasteiger charge is 2.24. The number of nitrogens with one attached hydrogen (secondary N) is 1. The number of rotatable bonds is 3. The molecule has 0 saturated carbocycles. The molecule has 0 spiro atoms.